The third-order valence-corrected chi connectivity index (χ3v) is 4.73. The summed E-state index contributed by atoms with van der Waals surface area (Å²) in [4.78, 5) is 24.8. The van der Waals surface area contributed by atoms with Crippen LogP contribution in [-0.4, -0.2) is 11.8 Å². The van der Waals surface area contributed by atoms with Crippen LogP contribution in [0.15, 0.2) is 69.6 Å². The summed E-state index contributed by atoms with van der Waals surface area (Å²) in [5.74, 6) is -2.35. The van der Waals surface area contributed by atoms with E-state index in [0.29, 0.717) is 8.95 Å². The number of hydrogen-bond donors (Lipinski definition) is 2. The number of carbonyl (C=O) groups is 2. The van der Waals surface area contributed by atoms with E-state index in [9.17, 15) is 18.4 Å². The van der Waals surface area contributed by atoms with Gasteiger partial charge in [-0.25, -0.2) is 8.78 Å². The Bertz CT molecular complexity index is 993. The van der Waals surface area contributed by atoms with Crippen molar-refractivity contribution in [1.29, 1.82) is 0 Å². The molecular weight excluding hydrogens is 498 g/mol. The molecule has 2 N–H and O–H groups in total. The second kappa shape index (κ2) is 8.62. The first-order chi connectivity index (χ1) is 13.3. The summed E-state index contributed by atoms with van der Waals surface area (Å²) in [5.41, 5.74) is 0.345. The second-order valence-corrected chi connectivity index (χ2v) is 7.57. The Morgan fingerprint density at radius 1 is 0.679 bits per heavy atom. The predicted molar refractivity (Wildman–Crippen MR) is 111 cm³/mol. The van der Waals surface area contributed by atoms with Gasteiger partial charge in [-0.15, -0.1) is 0 Å². The lowest BCUT2D eigenvalue weighted by atomic mass is 10.1. The molecule has 0 atom stereocenters. The first-order valence-corrected chi connectivity index (χ1v) is 9.55. The van der Waals surface area contributed by atoms with Crippen LogP contribution in [0.3, 0.4) is 0 Å². The fourth-order valence-corrected chi connectivity index (χ4v) is 3.04. The first kappa shape index (κ1) is 20.2. The van der Waals surface area contributed by atoms with Gasteiger partial charge in [0.25, 0.3) is 11.8 Å². The van der Waals surface area contributed by atoms with Crippen LogP contribution in [0.1, 0.15) is 20.7 Å². The highest BCUT2D eigenvalue weighted by molar-refractivity contribution is 9.10. The third-order valence-electron chi connectivity index (χ3n) is 3.75. The molecule has 0 aliphatic carbocycles. The van der Waals surface area contributed by atoms with Gasteiger partial charge in [0, 0.05) is 20.1 Å². The Labute approximate surface area is 176 Å². The lowest BCUT2D eigenvalue weighted by molar-refractivity contribution is 0.102. The van der Waals surface area contributed by atoms with Gasteiger partial charge in [0.05, 0.1) is 11.4 Å². The molecule has 0 radical (unpaired) electrons. The number of rotatable bonds is 4. The van der Waals surface area contributed by atoms with Gasteiger partial charge in [0.2, 0.25) is 0 Å². The molecule has 0 saturated carbocycles. The quantitative estimate of drug-likeness (QED) is 0.453. The number of amides is 2. The van der Waals surface area contributed by atoms with Crippen LogP contribution in [-0.2, 0) is 0 Å². The Morgan fingerprint density at radius 2 is 1.11 bits per heavy atom. The maximum Gasteiger partial charge on any atom is 0.255 e. The average Bonchev–Trinajstić information content (AvgIpc) is 2.66. The zero-order chi connectivity index (χ0) is 20.3. The summed E-state index contributed by atoms with van der Waals surface area (Å²) >= 11 is 6.29. The molecule has 0 saturated heterocycles. The van der Waals surface area contributed by atoms with Crippen molar-refractivity contribution in [3.63, 3.8) is 0 Å². The minimum Gasteiger partial charge on any atom is -0.319 e. The molecule has 0 spiro atoms. The molecule has 3 aromatic rings. The monoisotopic (exact) mass is 508 g/mol. The highest BCUT2D eigenvalue weighted by atomic mass is 79.9. The lowest BCUT2D eigenvalue weighted by Gasteiger charge is -2.09. The van der Waals surface area contributed by atoms with E-state index in [-0.39, 0.29) is 22.5 Å². The lowest BCUT2D eigenvalue weighted by Crippen LogP contribution is -2.16. The molecule has 3 rings (SSSR count). The Hall–Kier alpha value is -2.58. The predicted octanol–water partition coefficient (Wildman–Crippen LogP) is 5.99. The number of hydrogen-bond acceptors (Lipinski definition) is 2. The molecule has 0 aliphatic heterocycles. The maximum atomic E-state index is 13.9. The second-order valence-electron chi connectivity index (χ2n) is 5.74. The molecule has 0 bridgehead atoms. The standard InChI is InChI=1S/C20H12Br2F2N2O2/c21-13-4-6-17(15(23)9-13)25-19(27)11-2-1-3-12(8-11)20(28)26-18-7-5-14(22)10-16(18)24/h1-10H,(H,25,27)(H,26,28). The van der Waals surface area contributed by atoms with Crippen LogP contribution in [0.2, 0.25) is 0 Å². The van der Waals surface area contributed by atoms with Gasteiger partial charge in [0.1, 0.15) is 11.6 Å². The van der Waals surface area contributed by atoms with Crippen LogP contribution < -0.4 is 10.6 Å². The van der Waals surface area contributed by atoms with Gasteiger partial charge in [-0.2, -0.15) is 0 Å². The van der Waals surface area contributed by atoms with Crippen molar-refractivity contribution in [3.05, 3.63) is 92.4 Å². The number of nitrogens with one attached hydrogen (secondary N) is 2. The third kappa shape index (κ3) is 4.82. The number of carbonyl (C=O) groups excluding carboxylic acids is 2. The van der Waals surface area contributed by atoms with E-state index in [0.717, 1.165) is 0 Å². The fraction of sp³-hybridized carbons (Fsp3) is 0. The number of benzene rings is 3. The van der Waals surface area contributed by atoms with E-state index in [1.165, 1.54) is 48.5 Å². The minimum atomic E-state index is -0.595. The van der Waals surface area contributed by atoms with Crippen LogP contribution >= 0.6 is 31.9 Å². The molecule has 0 unspecified atom stereocenters. The number of anilines is 2. The summed E-state index contributed by atoms with van der Waals surface area (Å²) < 4.78 is 28.9. The van der Waals surface area contributed by atoms with Crippen molar-refractivity contribution in [2.75, 3.05) is 10.6 Å². The van der Waals surface area contributed by atoms with Crippen LogP contribution in [0.25, 0.3) is 0 Å². The molecular formula is C20H12Br2F2N2O2. The van der Waals surface area contributed by atoms with Gasteiger partial charge in [-0.3, -0.25) is 9.59 Å². The van der Waals surface area contributed by atoms with Crippen LogP contribution in [0.5, 0.6) is 0 Å². The summed E-state index contributed by atoms with van der Waals surface area (Å²) in [7, 11) is 0. The summed E-state index contributed by atoms with van der Waals surface area (Å²) in [5, 5.41) is 4.91. The molecule has 3 aromatic carbocycles. The Balaban J connectivity index is 1.77. The van der Waals surface area contributed by atoms with Gasteiger partial charge >= 0.3 is 0 Å². The molecule has 0 aliphatic rings. The molecule has 0 heterocycles. The van der Waals surface area contributed by atoms with E-state index in [4.69, 9.17) is 0 Å². The smallest absolute Gasteiger partial charge is 0.255 e. The molecule has 4 nitrogen and oxygen atoms in total. The molecule has 8 heteroatoms. The van der Waals surface area contributed by atoms with E-state index < -0.39 is 23.4 Å². The van der Waals surface area contributed by atoms with Crippen molar-refractivity contribution in [2.45, 2.75) is 0 Å². The summed E-state index contributed by atoms with van der Waals surface area (Å²) in [6.07, 6.45) is 0. The molecule has 2 amide bonds. The highest BCUT2D eigenvalue weighted by Gasteiger charge is 2.14. The number of halogens is 4. The van der Waals surface area contributed by atoms with Crippen molar-refractivity contribution >= 4 is 55.0 Å². The van der Waals surface area contributed by atoms with Crippen LogP contribution in [0.4, 0.5) is 20.2 Å². The normalized spacial score (nSPS) is 10.4. The minimum absolute atomic E-state index is 0.0139. The Morgan fingerprint density at radius 3 is 1.50 bits per heavy atom. The van der Waals surface area contributed by atoms with Crippen LogP contribution in [0, 0.1) is 11.6 Å². The highest BCUT2D eigenvalue weighted by Crippen LogP contribution is 2.22. The molecule has 28 heavy (non-hydrogen) atoms. The van der Waals surface area contributed by atoms with E-state index in [1.807, 2.05) is 0 Å². The fourth-order valence-electron chi connectivity index (χ4n) is 2.37. The van der Waals surface area contributed by atoms with Crippen molar-refractivity contribution in [3.8, 4) is 0 Å². The van der Waals surface area contributed by atoms with Gasteiger partial charge in [-0.1, -0.05) is 37.9 Å². The zero-order valence-corrected chi connectivity index (χ0v) is 17.3. The largest absolute Gasteiger partial charge is 0.319 e. The zero-order valence-electron chi connectivity index (χ0n) is 14.1. The molecule has 0 aromatic heterocycles. The van der Waals surface area contributed by atoms with Gasteiger partial charge in [0.15, 0.2) is 0 Å². The molecule has 0 fully saturated rings. The van der Waals surface area contributed by atoms with E-state index in [1.54, 1.807) is 12.1 Å². The SMILES string of the molecule is O=C(Nc1ccc(Br)cc1F)c1cccc(C(=O)Nc2ccc(Br)cc2F)c1. The van der Waals surface area contributed by atoms with E-state index in [2.05, 4.69) is 42.5 Å². The maximum absolute atomic E-state index is 13.9. The summed E-state index contributed by atoms with van der Waals surface area (Å²) in [6.45, 7) is 0. The topological polar surface area (TPSA) is 58.2 Å². The average molecular weight is 510 g/mol. The summed E-state index contributed by atoms with van der Waals surface area (Å²) in [6, 6.07) is 14.3. The van der Waals surface area contributed by atoms with Crippen molar-refractivity contribution in [1.82, 2.24) is 0 Å². The first-order valence-electron chi connectivity index (χ1n) is 7.96. The van der Waals surface area contributed by atoms with Crippen molar-refractivity contribution in [2.24, 2.45) is 0 Å². The molecule has 142 valence electrons. The van der Waals surface area contributed by atoms with Gasteiger partial charge < -0.3 is 10.6 Å². The van der Waals surface area contributed by atoms with Crippen molar-refractivity contribution < 1.29 is 18.4 Å². The Kier molecular flexibility index (Phi) is 6.21. The van der Waals surface area contributed by atoms with Gasteiger partial charge in [-0.05, 0) is 54.6 Å². The van der Waals surface area contributed by atoms with E-state index >= 15 is 0 Å².